The van der Waals surface area contributed by atoms with Crippen LogP contribution in [0.25, 0.3) is 17.1 Å². The van der Waals surface area contributed by atoms with E-state index < -0.39 is 11.7 Å². The largest absolute Gasteiger partial charge is 0.497 e. The molecule has 0 spiro atoms. The molecule has 0 fully saturated rings. The normalized spacial score (nSPS) is 11.5. The number of alkyl halides is 3. The molecule has 0 amide bonds. The number of rotatable bonds is 6. The first-order valence-corrected chi connectivity index (χ1v) is 10.4. The molecule has 0 N–H and O–H groups in total. The maximum Gasteiger partial charge on any atom is 0.416 e. The molecule has 4 nitrogen and oxygen atoms in total. The SMILES string of the molecule is COc1ccc(CSc2nnc(-c3ccccc3)n2-c2cccc(C(F)(F)F)c2)cc1. The van der Waals surface area contributed by atoms with Gasteiger partial charge in [-0.3, -0.25) is 4.57 Å². The molecule has 0 saturated heterocycles. The van der Waals surface area contributed by atoms with Crippen LogP contribution < -0.4 is 4.74 Å². The Morgan fingerprint density at radius 1 is 0.903 bits per heavy atom. The summed E-state index contributed by atoms with van der Waals surface area (Å²) in [5, 5.41) is 9.07. The van der Waals surface area contributed by atoms with E-state index in [2.05, 4.69) is 10.2 Å². The predicted molar refractivity (Wildman–Crippen MR) is 114 cm³/mol. The molecular formula is C23H18F3N3OS. The molecule has 0 radical (unpaired) electrons. The number of thioether (sulfide) groups is 1. The van der Waals surface area contributed by atoms with Gasteiger partial charge in [-0.25, -0.2) is 0 Å². The Bertz CT molecular complexity index is 1160. The Morgan fingerprint density at radius 2 is 1.65 bits per heavy atom. The third-order valence-electron chi connectivity index (χ3n) is 4.62. The number of aromatic nitrogens is 3. The lowest BCUT2D eigenvalue weighted by molar-refractivity contribution is -0.137. The van der Waals surface area contributed by atoms with E-state index in [1.165, 1.54) is 17.8 Å². The highest BCUT2D eigenvalue weighted by molar-refractivity contribution is 7.98. The molecule has 0 aliphatic carbocycles. The van der Waals surface area contributed by atoms with E-state index in [9.17, 15) is 13.2 Å². The van der Waals surface area contributed by atoms with Crippen LogP contribution in [0.4, 0.5) is 13.2 Å². The number of nitrogens with zero attached hydrogens (tertiary/aromatic N) is 3. The van der Waals surface area contributed by atoms with Gasteiger partial charge in [0.2, 0.25) is 0 Å². The Morgan fingerprint density at radius 3 is 2.32 bits per heavy atom. The highest BCUT2D eigenvalue weighted by atomic mass is 32.2. The lowest BCUT2D eigenvalue weighted by atomic mass is 10.1. The van der Waals surface area contributed by atoms with Gasteiger partial charge in [0.25, 0.3) is 0 Å². The van der Waals surface area contributed by atoms with Gasteiger partial charge in [0.1, 0.15) is 5.75 Å². The van der Waals surface area contributed by atoms with Crippen molar-refractivity contribution in [1.82, 2.24) is 14.8 Å². The van der Waals surface area contributed by atoms with Crippen LogP contribution in [0.1, 0.15) is 11.1 Å². The Hall–Kier alpha value is -3.26. The van der Waals surface area contributed by atoms with Crippen LogP contribution in [-0.2, 0) is 11.9 Å². The maximum atomic E-state index is 13.3. The quantitative estimate of drug-likeness (QED) is 0.332. The molecule has 0 unspecified atom stereocenters. The van der Waals surface area contributed by atoms with Crippen LogP contribution in [0.5, 0.6) is 5.75 Å². The molecular weight excluding hydrogens is 423 g/mol. The van der Waals surface area contributed by atoms with Crippen LogP contribution >= 0.6 is 11.8 Å². The summed E-state index contributed by atoms with van der Waals surface area (Å²) in [6, 6.07) is 22.1. The molecule has 31 heavy (non-hydrogen) atoms. The fourth-order valence-corrected chi connectivity index (χ4v) is 3.97. The van der Waals surface area contributed by atoms with Crippen molar-refractivity contribution in [2.24, 2.45) is 0 Å². The molecule has 0 aliphatic rings. The van der Waals surface area contributed by atoms with Crippen LogP contribution in [0.3, 0.4) is 0 Å². The van der Waals surface area contributed by atoms with Gasteiger partial charge in [-0.1, -0.05) is 60.3 Å². The van der Waals surface area contributed by atoms with Gasteiger partial charge in [0.05, 0.1) is 18.4 Å². The zero-order valence-corrected chi connectivity index (χ0v) is 17.3. The minimum atomic E-state index is -4.44. The average molecular weight is 441 g/mol. The summed E-state index contributed by atoms with van der Waals surface area (Å²) in [7, 11) is 1.60. The molecule has 1 aromatic heterocycles. The van der Waals surface area contributed by atoms with E-state index in [4.69, 9.17) is 4.74 Å². The van der Waals surface area contributed by atoms with E-state index in [1.807, 2.05) is 54.6 Å². The summed E-state index contributed by atoms with van der Waals surface area (Å²) in [6.07, 6.45) is -4.44. The predicted octanol–water partition coefficient (Wildman–Crippen LogP) is 6.25. The van der Waals surface area contributed by atoms with E-state index in [0.717, 1.165) is 29.0 Å². The van der Waals surface area contributed by atoms with Gasteiger partial charge in [-0.2, -0.15) is 13.2 Å². The molecule has 4 rings (SSSR count). The summed E-state index contributed by atoms with van der Waals surface area (Å²) in [5.41, 5.74) is 1.44. The lowest BCUT2D eigenvalue weighted by Gasteiger charge is -2.13. The molecule has 0 saturated carbocycles. The van der Waals surface area contributed by atoms with Crippen molar-refractivity contribution in [1.29, 1.82) is 0 Å². The fraction of sp³-hybridized carbons (Fsp3) is 0.130. The van der Waals surface area contributed by atoms with Crippen molar-refractivity contribution in [3.8, 4) is 22.8 Å². The van der Waals surface area contributed by atoms with Crippen molar-refractivity contribution >= 4 is 11.8 Å². The number of hydrogen-bond acceptors (Lipinski definition) is 4. The second-order valence-corrected chi connectivity index (χ2v) is 7.63. The molecule has 1 heterocycles. The molecule has 8 heteroatoms. The zero-order chi connectivity index (χ0) is 21.8. The molecule has 0 atom stereocenters. The van der Waals surface area contributed by atoms with Gasteiger partial charge in [-0.05, 0) is 35.9 Å². The summed E-state index contributed by atoms with van der Waals surface area (Å²) in [4.78, 5) is 0. The monoisotopic (exact) mass is 441 g/mol. The van der Waals surface area contributed by atoms with Crippen LogP contribution in [0, 0.1) is 0 Å². The van der Waals surface area contributed by atoms with E-state index in [-0.39, 0.29) is 0 Å². The van der Waals surface area contributed by atoms with E-state index in [0.29, 0.717) is 22.4 Å². The summed E-state index contributed by atoms with van der Waals surface area (Å²) >= 11 is 1.40. The van der Waals surface area contributed by atoms with Crippen molar-refractivity contribution < 1.29 is 17.9 Å². The first-order chi connectivity index (χ1) is 15.0. The topological polar surface area (TPSA) is 39.9 Å². The van der Waals surface area contributed by atoms with Crippen molar-refractivity contribution in [2.75, 3.05) is 7.11 Å². The second kappa shape index (κ2) is 8.85. The molecule has 3 aromatic carbocycles. The molecule has 4 aromatic rings. The fourth-order valence-electron chi connectivity index (χ4n) is 3.06. The van der Waals surface area contributed by atoms with Crippen molar-refractivity contribution in [2.45, 2.75) is 17.1 Å². The van der Waals surface area contributed by atoms with Gasteiger partial charge < -0.3 is 4.74 Å². The molecule has 158 valence electrons. The van der Waals surface area contributed by atoms with Crippen molar-refractivity contribution in [3.05, 3.63) is 90.0 Å². The van der Waals surface area contributed by atoms with Gasteiger partial charge >= 0.3 is 6.18 Å². The Balaban J connectivity index is 1.73. The van der Waals surface area contributed by atoms with E-state index in [1.54, 1.807) is 17.7 Å². The first-order valence-electron chi connectivity index (χ1n) is 9.40. The van der Waals surface area contributed by atoms with Gasteiger partial charge in [0.15, 0.2) is 11.0 Å². The minimum Gasteiger partial charge on any atom is -0.497 e. The minimum absolute atomic E-state index is 0.357. The highest BCUT2D eigenvalue weighted by Crippen LogP contribution is 2.34. The lowest BCUT2D eigenvalue weighted by Crippen LogP contribution is -2.07. The number of methoxy groups -OCH3 is 1. The third kappa shape index (κ3) is 4.74. The number of ether oxygens (including phenoxy) is 1. The van der Waals surface area contributed by atoms with E-state index >= 15 is 0 Å². The Kier molecular flexibility index (Phi) is 5.99. The smallest absolute Gasteiger partial charge is 0.416 e. The highest BCUT2D eigenvalue weighted by Gasteiger charge is 2.31. The number of benzene rings is 3. The average Bonchev–Trinajstić information content (AvgIpc) is 3.22. The van der Waals surface area contributed by atoms with Crippen LogP contribution in [-0.4, -0.2) is 21.9 Å². The van der Waals surface area contributed by atoms with Gasteiger partial charge in [0, 0.05) is 11.3 Å². The second-order valence-electron chi connectivity index (χ2n) is 6.69. The summed E-state index contributed by atoms with van der Waals surface area (Å²) < 4.78 is 46.8. The third-order valence-corrected chi connectivity index (χ3v) is 5.62. The summed E-state index contributed by atoms with van der Waals surface area (Å²) in [6.45, 7) is 0. The number of halogens is 3. The Labute approximate surface area is 181 Å². The van der Waals surface area contributed by atoms with Crippen LogP contribution in [0.2, 0.25) is 0 Å². The molecule has 0 aliphatic heterocycles. The summed E-state index contributed by atoms with van der Waals surface area (Å²) in [5.74, 6) is 1.82. The van der Waals surface area contributed by atoms with Gasteiger partial charge in [-0.15, -0.1) is 10.2 Å². The zero-order valence-electron chi connectivity index (χ0n) is 16.5. The molecule has 0 bridgehead atoms. The number of hydrogen-bond donors (Lipinski definition) is 0. The standard InChI is InChI=1S/C23H18F3N3OS/c1-30-20-12-10-16(11-13-20)15-31-22-28-27-21(17-6-3-2-4-7-17)29(22)19-9-5-8-18(14-19)23(24,25)26/h2-14H,15H2,1H3. The van der Waals surface area contributed by atoms with Crippen molar-refractivity contribution in [3.63, 3.8) is 0 Å². The first kappa shape index (κ1) is 21.0. The maximum absolute atomic E-state index is 13.3. The van der Waals surface area contributed by atoms with Crippen LogP contribution in [0.15, 0.2) is 84.0 Å².